The van der Waals surface area contributed by atoms with E-state index in [9.17, 15) is 0 Å². The smallest absolute Gasteiger partial charge is 0.223 e. The number of nitrogen functional groups attached to an aromatic ring is 1. The van der Waals surface area contributed by atoms with Gasteiger partial charge in [-0.25, -0.2) is 9.97 Å². The molecule has 3 heterocycles. The van der Waals surface area contributed by atoms with Crippen molar-refractivity contribution in [3.63, 3.8) is 0 Å². The van der Waals surface area contributed by atoms with Crippen LogP contribution in [-0.2, 0) is 4.74 Å². The van der Waals surface area contributed by atoms with Gasteiger partial charge >= 0.3 is 0 Å². The number of rotatable bonds is 6. The van der Waals surface area contributed by atoms with Crippen LogP contribution in [-0.4, -0.2) is 33.3 Å². The molecule has 0 bridgehead atoms. The lowest BCUT2D eigenvalue weighted by molar-refractivity contribution is 0.147. The van der Waals surface area contributed by atoms with Gasteiger partial charge in [0.2, 0.25) is 11.8 Å². The zero-order valence-electron chi connectivity index (χ0n) is 15.7. The fourth-order valence-corrected chi connectivity index (χ4v) is 3.25. The summed E-state index contributed by atoms with van der Waals surface area (Å²) in [5, 5.41) is 4.38. The first-order valence-electron chi connectivity index (χ1n) is 8.99. The van der Waals surface area contributed by atoms with E-state index >= 15 is 0 Å². The molecule has 2 atom stereocenters. The minimum Gasteiger partial charge on any atom is -0.461 e. The highest BCUT2D eigenvalue weighted by atomic mass is 16.5. The Balaban J connectivity index is 1.80. The van der Waals surface area contributed by atoms with Gasteiger partial charge in [0, 0.05) is 24.8 Å². The number of furan rings is 1. The summed E-state index contributed by atoms with van der Waals surface area (Å²) >= 11 is 0. The van der Waals surface area contributed by atoms with E-state index in [1.807, 2.05) is 30.3 Å². The van der Waals surface area contributed by atoms with Crippen LogP contribution in [0.25, 0.3) is 28.5 Å². The molecule has 4 rings (SSSR count). The standard InChI is InChI=1S/C20H22N6O2/c1-12(11-27-2)18(21)14-7-4-3-6-13(14)15-10-17-24-19(16-8-5-9-28-16)25-26(17)20(22)23-15/h3-10,12,18H,11,21H2,1-2H3,(H2,22,23). The fraction of sp³-hybridized carbons (Fsp3) is 0.250. The molecule has 0 aliphatic heterocycles. The first-order chi connectivity index (χ1) is 13.6. The summed E-state index contributed by atoms with van der Waals surface area (Å²) in [4.78, 5) is 9.06. The topological polar surface area (TPSA) is 117 Å². The largest absolute Gasteiger partial charge is 0.461 e. The average Bonchev–Trinajstić information content (AvgIpc) is 3.37. The molecule has 0 aliphatic carbocycles. The summed E-state index contributed by atoms with van der Waals surface area (Å²) in [6, 6.07) is 13.1. The van der Waals surface area contributed by atoms with Crippen LogP contribution in [0.5, 0.6) is 0 Å². The number of benzene rings is 1. The average molecular weight is 378 g/mol. The van der Waals surface area contributed by atoms with Crippen LogP contribution in [0.3, 0.4) is 0 Å². The normalized spacial score (nSPS) is 13.7. The van der Waals surface area contributed by atoms with Gasteiger partial charge in [-0.3, -0.25) is 0 Å². The highest BCUT2D eigenvalue weighted by Crippen LogP contribution is 2.31. The molecular formula is C20H22N6O2. The monoisotopic (exact) mass is 378 g/mol. The Kier molecular flexibility index (Phi) is 4.81. The third-order valence-corrected chi connectivity index (χ3v) is 4.73. The van der Waals surface area contributed by atoms with Crippen molar-refractivity contribution in [3.8, 4) is 22.8 Å². The summed E-state index contributed by atoms with van der Waals surface area (Å²) in [5.74, 6) is 1.41. The van der Waals surface area contributed by atoms with Crippen molar-refractivity contribution >= 4 is 11.6 Å². The van der Waals surface area contributed by atoms with Gasteiger partial charge in [0.05, 0.1) is 18.6 Å². The molecule has 0 aliphatic rings. The molecule has 2 unspecified atom stereocenters. The fourth-order valence-electron chi connectivity index (χ4n) is 3.25. The van der Waals surface area contributed by atoms with Gasteiger partial charge in [-0.1, -0.05) is 31.2 Å². The van der Waals surface area contributed by atoms with Gasteiger partial charge in [-0.15, -0.1) is 5.10 Å². The van der Waals surface area contributed by atoms with E-state index in [0.29, 0.717) is 29.5 Å². The van der Waals surface area contributed by atoms with Crippen LogP contribution >= 0.6 is 0 Å². The van der Waals surface area contributed by atoms with Crippen LogP contribution in [0.2, 0.25) is 0 Å². The molecule has 1 aromatic carbocycles. The number of hydrogen-bond donors (Lipinski definition) is 2. The second-order valence-corrected chi connectivity index (χ2v) is 6.73. The number of hydrogen-bond acceptors (Lipinski definition) is 7. The minimum atomic E-state index is -0.202. The van der Waals surface area contributed by atoms with E-state index in [1.54, 1.807) is 25.5 Å². The molecule has 3 aromatic heterocycles. The predicted octanol–water partition coefficient (Wildman–Crippen LogP) is 2.92. The first-order valence-corrected chi connectivity index (χ1v) is 8.99. The van der Waals surface area contributed by atoms with Gasteiger partial charge in [-0.05, 0) is 23.6 Å². The molecule has 0 spiro atoms. The van der Waals surface area contributed by atoms with E-state index in [2.05, 4.69) is 22.0 Å². The van der Waals surface area contributed by atoms with Crippen LogP contribution in [0.1, 0.15) is 18.5 Å². The molecule has 4 aromatic rings. The van der Waals surface area contributed by atoms with Crippen molar-refractivity contribution in [1.29, 1.82) is 0 Å². The van der Waals surface area contributed by atoms with Crippen LogP contribution in [0.15, 0.2) is 53.1 Å². The Morgan fingerprint density at radius 2 is 2.00 bits per heavy atom. The Morgan fingerprint density at radius 3 is 2.75 bits per heavy atom. The van der Waals surface area contributed by atoms with Crippen molar-refractivity contribution in [2.24, 2.45) is 11.7 Å². The molecule has 0 saturated heterocycles. The van der Waals surface area contributed by atoms with E-state index in [-0.39, 0.29) is 17.9 Å². The molecule has 0 saturated carbocycles. The Morgan fingerprint density at radius 1 is 1.18 bits per heavy atom. The van der Waals surface area contributed by atoms with E-state index in [0.717, 1.165) is 11.1 Å². The van der Waals surface area contributed by atoms with Crippen molar-refractivity contribution in [3.05, 3.63) is 54.3 Å². The SMILES string of the molecule is COCC(C)C(N)c1ccccc1-c1cc2nc(-c3ccco3)nn2c(N)n1. The van der Waals surface area contributed by atoms with Gasteiger partial charge in [0.1, 0.15) is 0 Å². The zero-order valence-corrected chi connectivity index (χ0v) is 15.7. The molecule has 0 amide bonds. The molecule has 4 N–H and O–H groups in total. The summed E-state index contributed by atoms with van der Waals surface area (Å²) in [7, 11) is 1.67. The zero-order chi connectivity index (χ0) is 19.7. The molecule has 144 valence electrons. The minimum absolute atomic E-state index is 0.144. The van der Waals surface area contributed by atoms with Gasteiger partial charge in [0.15, 0.2) is 11.4 Å². The van der Waals surface area contributed by atoms with Crippen molar-refractivity contribution < 1.29 is 9.15 Å². The number of ether oxygens (including phenoxy) is 1. The third-order valence-electron chi connectivity index (χ3n) is 4.73. The lowest BCUT2D eigenvalue weighted by Crippen LogP contribution is -2.23. The Hall–Kier alpha value is -3.23. The third kappa shape index (κ3) is 3.23. The van der Waals surface area contributed by atoms with Crippen molar-refractivity contribution in [1.82, 2.24) is 19.6 Å². The highest BCUT2D eigenvalue weighted by molar-refractivity contribution is 5.70. The molecule has 0 radical (unpaired) electrons. The Bertz CT molecular complexity index is 1090. The van der Waals surface area contributed by atoms with Gasteiger partial charge in [-0.2, -0.15) is 4.52 Å². The van der Waals surface area contributed by atoms with Gasteiger partial charge < -0.3 is 20.6 Å². The van der Waals surface area contributed by atoms with Crippen LogP contribution < -0.4 is 11.5 Å². The van der Waals surface area contributed by atoms with Gasteiger partial charge in [0.25, 0.3) is 0 Å². The lowest BCUT2D eigenvalue weighted by Gasteiger charge is -2.22. The lowest BCUT2D eigenvalue weighted by atomic mass is 9.91. The maximum Gasteiger partial charge on any atom is 0.223 e. The molecule has 0 fully saturated rings. The quantitative estimate of drug-likeness (QED) is 0.529. The van der Waals surface area contributed by atoms with Crippen molar-refractivity contribution in [2.75, 3.05) is 19.5 Å². The maximum atomic E-state index is 6.50. The first kappa shape index (κ1) is 18.1. The highest BCUT2D eigenvalue weighted by Gasteiger charge is 2.20. The summed E-state index contributed by atoms with van der Waals surface area (Å²) < 4.78 is 12.1. The van der Waals surface area contributed by atoms with Crippen LogP contribution in [0.4, 0.5) is 5.95 Å². The predicted molar refractivity (Wildman–Crippen MR) is 106 cm³/mol. The number of nitrogens with two attached hydrogens (primary N) is 2. The summed E-state index contributed by atoms with van der Waals surface area (Å²) in [6.07, 6.45) is 1.58. The van der Waals surface area contributed by atoms with E-state index < -0.39 is 0 Å². The number of anilines is 1. The number of fused-ring (bicyclic) bond motifs is 1. The molecule has 8 heteroatoms. The second kappa shape index (κ2) is 7.41. The van der Waals surface area contributed by atoms with Crippen molar-refractivity contribution in [2.45, 2.75) is 13.0 Å². The number of methoxy groups -OCH3 is 1. The number of aromatic nitrogens is 4. The maximum absolute atomic E-state index is 6.50. The second-order valence-electron chi connectivity index (χ2n) is 6.73. The molecule has 8 nitrogen and oxygen atoms in total. The molecular weight excluding hydrogens is 356 g/mol. The number of nitrogens with zero attached hydrogens (tertiary/aromatic N) is 4. The Labute approximate surface area is 162 Å². The summed E-state index contributed by atoms with van der Waals surface area (Å²) in [5.41, 5.74) is 15.8. The van der Waals surface area contributed by atoms with Crippen LogP contribution in [0, 0.1) is 5.92 Å². The van der Waals surface area contributed by atoms with E-state index in [1.165, 1.54) is 4.52 Å². The molecule has 28 heavy (non-hydrogen) atoms. The summed E-state index contributed by atoms with van der Waals surface area (Å²) in [6.45, 7) is 2.63. The van der Waals surface area contributed by atoms with E-state index in [4.69, 9.17) is 20.6 Å².